The van der Waals surface area contributed by atoms with Crippen LogP contribution in [0.15, 0.2) is 24.3 Å². The Morgan fingerprint density at radius 3 is 2.76 bits per heavy atom. The fourth-order valence-electron chi connectivity index (χ4n) is 2.81. The van der Waals surface area contributed by atoms with Gasteiger partial charge >= 0.3 is 0 Å². The summed E-state index contributed by atoms with van der Waals surface area (Å²) < 4.78 is 0. The van der Waals surface area contributed by atoms with Crippen molar-refractivity contribution in [1.29, 1.82) is 5.26 Å². The van der Waals surface area contributed by atoms with Crippen molar-refractivity contribution in [1.82, 2.24) is 10.2 Å². The van der Waals surface area contributed by atoms with Crippen molar-refractivity contribution in [3.63, 3.8) is 0 Å². The van der Waals surface area contributed by atoms with Gasteiger partial charge in [-0.25, -0.2) is 0 Å². The minimum absolute atomic E-state index is 0.206. The van der Waals surface area contributed by atoms with Crippen LogP contribution in [-0.4, -0.2) is 30.4 Å². The van der Waals surface area contributed by atoms with E-state index in [1.54, 1.807) is 6.07 Å². The highest BCUT2D eigenvalue weighted by Gasteiger charge is 2.20. The van der Waals surface area contributed by atoms with Gasteiger partial charge in [0, 0.05) is 19.5 Å². The summed E-state index contributed by atoms with van der Waals surface area (Å²) in [7, 11) is 0. The van der Waals surface area contributed by atoms with E-state index in [1.165, 1.54) is 0 Å². The van der Waals surface area contributed by atoms with E-state index >= 15 is 0 Å². The lowest BCUT2D eigenvalue weighted by atomic mass is 9.94. The first-order chi connectivity index (χ1) is 10.2. The molecule has 1 aromatic rings. The molecule has 112 valence electrons. The molecule has 4 nitrogen and oxygen atoms in total. The molecular formula is C17H23N3O. The maximum atomic E-state index is 12.5. The van der Waals surface area contributed by atoms with Gasteiger partial charge in [0.2, 0.25) is 5.91 Å². The van der Waals surface area contributed by atoms with E-state index in [4.69, 9.17) is 5.26 Å². The summed E-state index contributed by atoms with van der Waals surface area (Å²) in [6.07, 6.45) is 2.79. The highest BCUT2D eigenvalue weighted by Crippen LogP contribution is 2.18. The molecule has 1 aliphatic heterocycles. The lowest BCUT2D eigenvalue weighted by Crippen LogP contribution is -2.35. The average molecular weight is 285 g/mol. The molecule has 0 radical (unpaired) electrons. The zero-order valence-corrected chi connectivity index (χ0v) is 12.6. The third-order valence-corrected chi connectivity index (χ3v) is 4.16. The van der Waals surface area contributed by atoms with Crippen LogP contribution in [0.2, 0.25) is 0 Å². The van der Waals surface area contributed by atoms with Crippen LogP contribution in [0.5, 0.6) is 0 Å². The lowest BCUT2D eigenvalue weighted by molar-refractivity contribution is -0.132. The predicted octanol–water partition coefficient (Wildman–Crippen LogP) is 2.30. The number of hydrogen-bond donors (Lipinski definition) is 1. The van der Waals surface area contributed by atoms with Crippen LogP contribution < -0.4 is 5.32 Å². The number of carbonyl (C=O) groups is 1. The summed E-state index contributed by atoms with van der Waals surface area (Å²) in [5, 5.41) is 12.5. The first-order valence-corrected chi connectivity index (χ1v) is 7.71. The average Bonchev–Trinajstić information content (AvgIpc) is 2.53. The SMILES string of the molecule is CCN(Cc1ccccc1C#N)C(=O)CC1CCNCC1. The van der Waals surface area contributed by atoms with Gasteiger partial charge in [0.15, 0.2) is 0 Å². The Morgan fingerprint density at radius 1 is 1.38 bits per heavy atom. The molecule has 0 atom stereocenters. The summed E-state index contributed by atoms with van der Waals surface area (Å²) in [5.41, 5.74) is 1.59. The zero-order valence-electron chi connectivity index (χ0n) is 12.6. The summed E-state index contributed by atoms with van der Waals surface area (Å²) in [6.45, 7) is 5.24. The van der Waals surface area contributed by atoms with Crippen molar-refractivity contribution >= 4 is 5.91 Å². The van der Waals surface area contributed by atoms with Crippen LogP contribution >= 0.6 is 0 Å². The monoisotopic (exact) mass is 285 g/mol. The van der Waals surface area contributed by atoms with Gasteiger partial charge in [-0.05, 0) is 50.4 Å². The Morgan fingerprint density at radius 2 is 2.10 bits per heavy atom. The molecule has 1 amide bonds. The molecule has 0 aromatic heterocycles. The van der Waals surface area contributed by atoms with Crippen LogP contribution in [0.1, 0.15) is 37.3 Å². The van der Waals surface area contributed by atoms with E-state index < -0.39 is 0 Å². The second-order valence-corrected chi connectivity index (χ2v) is 5.57. The number of nitrogens with zero attached hydrogens (tertiary/aromatic N) is 2. The number of benzene rings is 1. The van der Waals surface area contributed by atoms with Crippen LogP contribution in [0.4, 0.5) is 0 Å². The third-order valence-electron chi connectivity index (χ3n) is 4.16. The zero-order chi connectivity index (χ0) is 15.1. The quantitative estimate of drug-likeness (QED) is 0.903. The molecule has 1 aromatic carbocycles. The van der Waals surface area contributed by atoms with Crippen molar-refractivity contribution in [3.05, 3.63) is 35.4 Å². The Labute approximate surface area is 126 Å². The molecule has 1 fully saturated rings. The second kappa shape index (κ2) is 7.80. The number of piperidine rings is 1. The topological polar surface area (TPSA) is 56.1 Å². The molecule has 21 heavy (non-hydrogen) atoms. The Kier molecular flexibility index (Phi) is 5.77. The van der Waals surface area contributed by atoms with Gasteiger partial charge in [-0.3, -0.25) is 4.79 Å². The van der Waals surface area contributed by atoms with Gasteiger partial charge in [-0.15, -0.1) is 0 Å². The number of carbonyl (C=O) groups excluding carboxylic acids is 1. The molecule has 0 saturated carbocycles. The van der Waals surface area contributed by atoms with Gasteiger partial charge in [-0.2, -0.15) is 5.26 Å². The van der Waals surface area contributed by atoms with Crippen molar-refractivity contribution in [3.8, 4) is 6.07 Å². The minimum Gasteiger partial charge on any atom is -0.339 e. The van der Waals surface area contributed by atoms with E-state index in [0.717, 1.165) is 31.5 Å². The van der Waals surface area contributed by atoms with Crippen LogP contribution in [0, 0.1) is 17.2 Å². The molecule has 1 heterocycles. The number of nitrogens with one attached hydrogen (secondary N) is 1. The molecule has 0 unspecified atom stereocenters. The number of nitriles is 1. The van der Waals surface area contributed by atoms with Gasteiger partial charge in [0.25, 0.3) is 0 Å². The van der Waals surface area contributed by atoms with E-state index in [1.807, 2.05) is 30.0 Å². The molecule has 1 N–H and O–H groups in total. The maximum absolute atomic E-state index is 12.5. The highest BCUT2D eigenvalue weighted by molar-refractivity contribution is 5.76. The van der Waals surface area contributed by atoms with Crippen LogP contribution in [-0.2, 0) is 11.3 Å². The normalized spacial score (nSPS) is 15.4. The number of hydrogen-bond acceptors (Lipinski definition) is 3. The second-order valence-electron chi connectivity index (χ2n) is 5.57. The fraction of sp³-hybridized carbons (Fsp3) is 0.529. The molecule has 0 spiro atoms. The standard InChI is InChI=1S/C17H23N3O/c1-2-20(13-16-6-4-3-5-15(16)12-18)17(21)11-14-7-9-19-10-8-14/h3-6,14,19H,2,7-11,13H2,1H3. The Hall–Kier alpha value is -1.86. The first kappa shape index (κ1) is 15.5. The van der Waals surface area contributed by atoms with Crippen molar-refractivity contribution < 1.29 is 4.79 Å². The predicted molar refractivity (Wildman–Crippen MR) is 82.5 cm³/mol. The minimum atomic E-state index is 0.206. The molecule has 4 heteroatoms. The van der Waals surface area contributed by atoms with Gasteiger partial charge in [0.1, 0.15) is 0 Å². The van der Waals surface area contributed by atoms with E-state index in [0.29, 0.717) is 31.0 Å². The molecule has 0 aliphatic carbocycles. The van der Waals surface area contributed by atoms with E-state index in [9.17, 15) is 4.79 Å². The van der Waals surface area contributed by atoms with Crippen LogP contribution in [0.3, 0.4) is 0 Å². The molecule has 1 aliphatic rings. The number of rotatable bonds is 5. The van der Waals surface area contributed by atoms with Gasteiger partial charge in [-0.1, -0.05) is 18.2 Å². The van der Waals surface area contributed by atoms with Gasteiger partial charge in [0.05, 0.1) is 11.6 Å². The summed E-state index contributed by atoms with van der Waals surface area (Å²) in [6, 6.07) is 9.71. The molecule has 1 saturated heterocycles. The molecule has 2 rings (SSSR count). The summed E-state index contributed by atoms with van der Waals surface area (Å²) >= 11 is 0. The van der Waals surface area contributed by atoms with Gasteiger partial charge < -0.3 is 10.2 Å². The Balaban J connectivity index is 1.98. The van der Waals surface area contributed by atoms with Crippen molar-refractivity contribution in [2.45, 2.75) is 32.7 Å². The van der Waals surface area contributed by atoms with E-state index in [2.05, 4.69) is 11.4 Å². The first-order valence-electron chi connectivity index (χ1n) is 7.71. The fourth-order valence-corrected chi connectivity index (χ4v) is 2.81. The third kappa shape index (κ3) is 4.30. The highest BCUT2D eigenvalue weighted by atomic mass is 16.2. The lowest BCUT2D eigenvalue weighted by Gasteiger charge is -2.26. The Bertz CT molecular complexity index is 515. The summed E-state index contributed by atoms with van der Waals surface area (Å²) in [4.78, 5) is 14.3. The van der Waals surface area contributed by atoms with Crippen molar-refractivity contribution in [2.24, 2.45) is 5.92 Å². The van der Waals surface area contributed by atoms with Crippen LogP contribution in [0.25, 0.3) is 0 Å². The van der Waals surface area contributed by atoms with Crippen molar-refractivity contribution in [2.75, 3.05) is 19.6 Å². The molecule has 0 bridgehead atoms. The number of amides is 1. The largest absolute Gasteiger partial charge is 0.339 e. The maximum Gasteiger partial charge on any atom is 0.223 e. The molecular weight excluding hydrogens is 262 g/mol. The summed E-state index contributed by atoms with van der Waals surface area (Å²) in [5.74, 6) is 0.705. The van der Waals surface area contributed by atoms with E-state index in [-0.39, 0.29) is 5.91 Å². The smallest absolute Gasteiger partial charge is 0.223 e.